The second-order valence-corrected chi connectivity index (χ2v) is 10.1. The Morgan fingerprint density at radius 2 is 1.92 bits per heavy atom. The third-order valence-electron chi connectivity index (χ3n) is 5.04. The van der Waals surface area contributed by atoms with Crippen LogP contribution in [-0.2, 0) is 11.2 Å². The number of carbonyl (C=O) groups excluding carboxylic acids is 1. The number of benzene rings is 1. The van der Waals surface area contributed by atoms with Crippen molar-refractivity contribution >= 4 is 53.1 Å². The molecule has 37 heavy (non-hydrogen) atoms. The summed E-state index contributed by atoms with van der Waals surface area (Å²) in [5, 5.41) is 5.99. The fraction of sp³-hybridized carbons (Fsp3) is 0.321. The molecule has 1 aromatic carbocycles. The largest absolute Gasteiger partial charge is 0.494 e. The first kappa shape index (κ1) is 30.3. The molecule has 1 N–H and O–H groups in total. The Hall–Kier alpha value is -2.88. The highest BCUT2D eigenvalue weighted by molar-refractivity contribution is 7.59. The molecule has 0 saturated heterocycles. The number of methoxy groups -OCH3 is 1. The van der Waals surface area contributed by atoms with Crippen LogP contribution in [0.15, 0.2) is 54.0 Å². The lowest BCUT2D eigenvalue weighted by Crippen LogP contribution is -2.05. The summed E-state index contributed by atoms with van der Waals surface area (Å²) in [4.78, 5) is 24.1. The number of pyridine rings is 1. The Labute approximate surface area is 234 Å². The number of nitrogens with one attached hydrogen (secondary N) is 1. The van der Waals surface area contributed by atoms with Crippen molar-refractivity contribution < 1.29 is 14.3 Å². The van der Waals surface area contributed by atoms with E-state index in [1.165, 1.54) is 12.0 Å². The average Bonchev–Trinajstić information content (AvgIpc) is 3.55. The van der Waals surface area contributed by atoms with Gasteiger partial charge in [0.15, 0.2) is 5.13 Å². The zero-order valence-electron chi connectivity index (χ0n) is 22.1. The first-order chi connectivity index (χ1) is 17.5. The van der Waals surface area contributed by atoms with Gasteiger partial charge in [-0.25, -0.2) is 14.8 Å². The summed E-state index contributed by atoms with van der Waals surface area (Å²) in [5.41, 5.74) is 3.17. The summed E-state index contributed by atoms with van der Waals surface area (Å²) in [7, 11) is 1.38. The molecule has 0 fully saturated rings. The molecule has 3 aromatic heterocycles. The molecule has 0 atom stereocenters. The van der Waals surface area contributed by atoms with E-state index in [4.69, 9.17) is 14.5 Å². The summed E-state index contributed by atoms with van der Waals surface area (Å²) in [6, 6.07) is 13.6. The van der Waals surface area contributed by atoms with Gasteiger partial charge in [-0.2, -0.15) is 13.5 Å². The molecule has 0 spiro atoms. The van der Waals surface area contributed by atoms with Crippen LogP contribution < -0.4 is 10.1 Å². The second kappa shape index (κ2) is 14.8. The number of rotatable bonds is 9. The van der Waals surface area contributed by atoms with Gasteiger partial charge in [0.05, 0.1) is 25.0 Å². The predicted molar refractivity (Wildman–Crippen MR) is 161 cm³/mol. The van der Waals surface area contributed by atoms with Gasteiger partial charge in [0.25, 0.3) is 0 Å². The van der Waals surface area contributed by atoms with Gasteiger partial charge in [0.2, 0.25) is 0 Å². The van der Waals surface area contributed by atoms with E-state index < -0.39 is 5.97 Å². The van der Waals surface area contributed by atoms with Crippen LogP contribution in [0.3, 0.4) is 0 Å². The minimum absolute atomic E-state index is 0. The van der Waals surface area contributed by atoms with Gasteiger partial charge in [0.1, 0.15) is 11.6 Å². The van der Waals surface area contributed by atoms with Crippen LogP contribution in [0, 0.1) is 5.92 Å². The Morgan fingerprint density at radius 1 is 1.14 bits per heavy atom. The van der Waals surface area contributed by atoms with Crippen molar-refractivity contribution in [3.63, 3.8) is 0 Å². The molecule has 9 heteroatoms. The normalized spacial score (nSPS) is 10.2. The summed E-state index contributed by atoms with van der Waals surface area (Å²) >= 11 is 3.15. The summed E-state index contributed by atoms with van der Waals surface area (Å²) < 4.78 is 10.7. The molecule has 0 amide bonds. The molecule has 0 saturated carbocycles. The molecule has 4 aromatic rings. The number of hydrogen-bond donors (Lipinski definition) is 1. The van der Waals surface area contributed by atoms with Crippen molar-refractivity contribution in [2.24, 2.45) is 5.92 Å². The van der Waals surface area contributed by atoms with Crippen LogP contribution in [0.5, 0.6) is 5.75 Å². The van der Waals surface area contributed by atoms with Crippen LogP contribution in [-0.4, -0.2) is 29.7 Å². The lowest BCUT2D eigenvalue weighted by molar-refractivity contribution is 0.0601. The van der Waals surface area contributed by atoms with Crippen molar-refractivity contribution in [2.45, 2.75) is 41.0 Å². The van der Waals surface area contributed by atoms with Gasteiger partial charge < -0.3 is 14.8 Å². The molecular formula is C28H35N3O3S3. The van der Waals surface area contributed by atoms with Gasteiger partial charge >= 0.3 is 5.97 Å². The summed E-state index contributed by atoms with van der Waals surface area (Å²) in [6.45, 7) is 11.0. The lowest BCUT2D eigenvalue weighted by atomic mass is 10.0. The highest BCUT2D eigenvalue weighted by Gasteiger charge is 2.19. The van der Waals surface area contributed by atoms with Gasteiger partial charge in [-0.15, -0.1) is 22.7 Å². The number of esters is 1. The number of anilines is 2. The van der Waals surface area contributed by atoms with E-state index in [9.17, 15) is 4.79 Å². The lowest BCUT2D eigenvalue weighted by Gasteiger charge is -2.09. The van der Waals surface area contributed by atoms with Gasteiger partial charge in [-0.3, -0.25) is 0 Å². The molecule has 0 unspecified atom stereocenters. The molecule has 0 aliphatic rings. The van der Waals surface area contributed by atoms with E-state index in [2.05, 4.69) is 30.2 Å². The third kappa shape index (κ3) is 7.80. The fourth-order valence-electron chi connectivity index (χ4n) is 3.58. The number of thiophene rings is 1. The first-order valence-electron chi connectivity index (χ1n) is 12.1. The topological polar surface area (TPSA) is 73.3 Å². The molecule has 6 nitrogen and oxygen atoms in total. The first-order valence-corrected chi connectivity index (χ1v) is 13.8. The summed E-state index contributed by atoms with van der Waals surface area (Å²) in [6.07, 6.45) is 2.61. The minimum Gasteiger partial charge on any atom is -0.494 e. The SMILES string of the molecule is CC.CCOc1cccc(-c2nc(Nc3cc(C(=O)OC)c(-c4cccs4)cn3)sc2CC(C)C)c1.S. The second-order valence-electron chi connectivity index (χ2n) is 8.06. The van der Waals surface area contributed by atoms with Gasteiger partial charge in [-0.1, -0.05) is 45.9 Å². The Bertz CT molecular complexity index is 1270. The zero-order valence-corrected chi connectivity index (χ0v) is 24.8. The molecule has 0 aliphatic carbocycles. The molecule has 4 rings (SSSR count). The number of hydrogen-bond acceptors (Lipinski definition) is 8. The Morgan fingerprint density at radius 3 is 2.57 bits per heavy atom. The van der Waals surface area contributed by atoms with Crippen LogP contribution in [0.2, 0.25) is 0 Å². The number of aromatic nitrogens is 2. The van der Waals surface area contributed by atoms with E-state index in [1.807, 2.05) is 56.5 Å². The van der Waals surface area contributed by atoms with Gasteiger partial charge in [-0.05, 0) is 48.9 Å². The third-order valence-corrected chi connectivity index (χ3v) is 6.94. The Kier molecular flexibility index (Phi) is 12.1. The van der Waals surface area contributed by atoms with Crippen molar-refractivity contribution in [3.05, 3.63) is 64.5 Å². The molecule has 0 bridgehead atoms. The predicted octanol–water partition coefficient (Wildman–Crippen LogP) is 8.20. The van der Waals surface area contributed by atoms with Crippen LogP contribution >= 0.6 is 36.2 Å². The summed E-state index contributed by atoms with van der Waals surface area (Å²) in [5.74, 6) is 1.45. The highest BCUT2D eigenvalue weighted by atomic mass is 32.1. The number of thiazole rings is 1. The van der Waals surface area contributed by atoms with Gasteiger partial charge in [0, 0.05) is 27.1 Å². The molecule has 198 valence electrons. The van der Waals surface area contributed by atoms with E-state index in [0.717, 1.165) is 39.0 Å². The number of nitrogens with zero attached hydrogens (tertiary/aromatic N) is 2. The maximum absolute atomic E-state index is 12.5. The smallest absolute Gasteiger partial charge is 0.338 e. The maximum atomic E-state index is 12.5. The molecule has 3 heterocycles. The molecular weight excluding hydrogens is 523 g/mol. The molecule has 0 radical (unpaired) electrons. The zero-order chi connectivity index (χ0) is 26.1. The van der Waals surface area contributed by atoms with E-state index in [0.29, 0.717) is 23.9 Å². The van der Waals surface area contributed by atoms with Crippen LogP contribution in [0.25, 0.3) is 21.7 Å². The number of ether oxygens (including phenoxy) is 2. The van der Waals surface area contributed by atoms with Crippen molar-refractivity contribution in [3.8, 4) is 27.4 Å². The highest BCUT2D eigenvalue weighted by Crippen LogP contribution is 2.36. The number of carbonyl (C=O) groups is 1. The van der Waals surface area contributed by atoms with Crippen LogP contribution in [0.4, 0.5) is 10.9 Å². The van der Waals surface area contributed by atoms with Crippen molar-refractivity contribution in [2.75, 3.05) is 19.0 Å². The van der Waals surface area contributed by atoms with E-state index in [-0.39, 0.29) is 13.5 Å². The maximum Gasteiger partial charge on any atom is 0.338 e. The Balaban J connectivity index is 0.00000157. The average molecular weight is 558 g/mol. The molecule has 0 aliphatic heterocycles. The van der Waals surface area contributed by atoms with Crippen molar-refractivity contribution in [1.29, 1.82) is 0 Å². The minimum atomic E-state index is -0.401. The van der Waals surface area contributed by atoms with Crippen molar-refractivity contribution in [1.82, 2.24) is 9.97 Å². The monoisotopic (exact) mass is 557 g/mol. The van der Waals surface area contributed by atoms with E-state index in [1.54, 1.807) is 34.9 Å². The van der Waals surface area contributed by atoms with E-state index >= 15 is 0 Å². The van der Waals surface area contributed by atoms with Crippen LogP contribution in [0.1, 0.15) is 49.9 Å². The quantitative estimate of drug-likeness (QED) is 0.209. The fourth-order valence-corrected chi connectivity index (χ4v) is 5.53. The standard InChI is InChI=1S/C26H27N3O3S2.C2H6.H2S/c1-5-32-18-9-6-8-17(13-18)24-22(12-16(2)3)34-26(29-24)28-23-14-19(25(30)31-4)20(15-27-23)21-10-7-11-33-21;1-2;/h6-11,13-16H,5,12H2,1-4H3,(H,27,28,29);1-2H3;1H2.